The zero-order valence-corrected chi connectivity index (χ0v) is 15.1. The Kier molecular flexibility index (Phi) is 5.05. The highest BCUT2D eigenvalue weighted by Gasteiger charge is 2.09. The molecule has 3 aromatic rings. The Bertz CT molecular complexity index is 821. The van der Waals surface area contributed by atoms with Crippen LogP contribution >= 0.6 is 15.9 Å². The van der Waals surface area contributed by atoms with Crippen LogP contribution in [0.4, 0.5) is 17.5 Å². The van der Waals surface area contributed by atoms with Gasteiger partial charge in [-0.25, -0.2) is 4.98 Å². The summed E-state index contributed by atoms with van der Waals surface area (Å²) in [7, 11) is 0. The molecule has 3 rings (SSSR count). The summed E-state index contributed by atoms with van der Waals surface area (Å²) in [6, 6.07) is 15.8. The fraction of sp³-hybridized carbons (Fsp3) is 0.167. The van der Waals surface area contributed by atoms with Gasteiger partial charge in [-0.1, -0.05) is 18.2 Å². The maximum Gasteiger partial charge on any atom is 0.225 e. The van der Waals surface area contributed by atoms with Crippen LogP contribution < -0.4 is 10.6 Å². The molecule has 0 aliphatic carbocycles. The topological polar surface area (TPSA) is 62.7 Å². The van der Waals surface area contributed by atoms with Gasteiger partial charge in [-0.2, -0.15) is 4.98 Å². The molecule has 0 amide bonds. The Labute approximate surface area is 149 Å². The predicted molar refractivity (Wildman–Crippen MR) is 101 cm³/mol. The van der Waals surface area contributed by atoms with Crippen molar-refractivity contribution in [3.63, 3.8) is 0 Å². The molecule has 0 aliphatic heterocycles. The highest BCUT2D eigenvalue weighted by atomic mass is 79.9. The average Bonchev–Trinajstić information content (AvgIpc) is 2.57. The van der Waals surface area contributed by atoms with Gasteiger partial charge in [-0.3, -0.25) is 4.98 Å². The number of nitrogens with zero attached hydrogens (tertiary/aromatic N) is 3. The summed E-state index contributed by atoms with van der Waals surface area (Å²) in [5, 5.41) is 6.58. The van der Waals surface area contributed by atoms with Crippen LogP contribution in [-0.2, 0) is 0 Å². The quantitative estimate of drug-likeness (QED) is 0.658. The Balaban J connectivity index is 2.00. The zero-order chi connectivity index (χ0) is 16.9. The van der Waals surface area contributed by atoms with E-state index in [0.29, 0.717) is 11.8 Å². The van der Waals surface area contributed by atoms with E-state index in [1.807, 2.05) is 48.5 Å². The minimum absolute atomic E-state index is 0.236. The summed E-state index contributed by atoms with van der Waals surface area (Å²) in [6.45, 7) is 4.11. The molecule has 0 atom stereocenters. The zero-order valence-electron chi connectivity index (χ0n) is 13.5. The van der Waals surface area contributed by atoms with Gasteiger partial charge in [0.1, 0.15) is 5.82 Å². The van der Waals surface area contributed by atoms with E-state index in [-0.39, 0.29) is 6.04 Å². The average molecular weight is 384 g/mol. The molecule has 2 N–H and O–H groups in total. The van der Waals surface area contributed by atoms with Crippen LogP contribution in [0, 0.1) is 0 Å². The van der Waals surface area contributed by atoms with E-state index in [2.05, 4.69) is 55.4 Å². The standard InChI is InChI=1S/C18H18BrN5/c1-12(2)21-18-23-16(15-9-5-6-10-20-15)11-17(24-18)22-14-8-4-3-7-13(14)19/h3-12H,1-2H3,(H2,21,22,23,24). The maximum absolute atomic E-state index is 4.57. The number of hydrogen-bond acceptors (Lipinski definition) is 5. The lowest BCUT2D eigenvalue weighted by Gasteiger charge is -2.13. The summed E-state index contributed by atoms with van der Waals surface area (Å²) < 4.78 is 0.973. The molecule has 0 spiro atoms. The number of para-hydroxylation sites is 1. The number of pyridine rings is 1. The Morgan fingerprint density at radius 1 is 0.958 bits per heavy atom. The van der Waals surface area contributed by atoms with E-state index in [4.69, 9.17) is 0 Å². The molecule has 6 heteroatoms. The minimum atomic E-state index is 0.236. The molecule has 0 saturated heterocycles. The molecule has 0 saturated carbocycles. The second-order valence-electron chi connectivity index (χ2n) is 5.58. The highest BCUT2D eigenvalue weighted by Crippen LogP contribution is 2.27. The van der Waals surface area contributed by atoms with Gasteiger partial charge < -0.3 is 10.6 Å². The molecule has 1 aromatic carbocycles. The second kappa shape index (κ2) is 7.40. The number of hydrogen-bond donors (Lipinski definition) is 2. The molecule has 2 heterocycles. The molecule has 0 bridgehead atoms. The maximum atomic E-state index is 4.57. The Hall–Kier alpha value is -2.47. The lowest BCUT2D eigenvalue weighted by Crippen LogP contribution is -2.13. The van der Waals surface area contributed by atoms with Gasteiger partial charge in [0.25, 0.3) is 0 Å². The number of nitrogens with one attached hydrogen (secondary N) is 2. The van der Waals surface area contributed by atoms with Crippen molar-refractivity contribution < 1.29 is 0 Å². The minimum Gasteiger partial charge on any atom is -0.352 e. The van der Waals surface area contributed by atoms with Crippen molar-refractivity contribution >= 4 is 33.4 Å². The van der Waals surface area contributed by atoms with Crippen molar-refractivity contribution in [1.82, 2.24) is 15.0 Å². The first kappa shape index (κ1) is 16.4. The monoisotopic (exact) mass is 383 g/mol. The highest BCUT2D eigenvalue weighted by molar-refractivity contribution is 9.10. The van der Waals surface area contributed by atoms with Gasteiger partial charge >= 0.3 is 0 Å². The summed E-state index contributed by atoms with van der Waals surface area (Å²) in [5.74, 6) is 1.28. The van der Waals surface area contributed by atoms with E-state index in [0.717, 1.165) is 21.5 Å². The summed E-state index contributed by atoms with van der Waals surface area (Å²) in [6.07, 6.45) is 1.76. The third-order valence-corrected chi connectivity index (χ3v) is 3.90. The SMILES string of the molecule is CC(C)Nc1nc(Nc2ccccc2Br)cc(-c2ccccn2)n1. The van der Waals surface area contributed by atoms with Crippen LogP contribution in [0.15, 0.2) is 59.2 Å². The number of aromatic nitrogens is 3. The number of halogens is 1. The first-order chi connectivity index (χ1) is 11.6. The van der Waals surface area contributed by atoms with Gasteiger partial charge in [-0.05, 0) is 54.0 Å². The molecular weight excluding hydrogens is 366 g/mol. The molecule has 24 heavy (non-hydrogen) atoms. The lowest BCUT2D eigenvalue weighted by atomic mass is 10.2. The van der Waals surface area contributed by atoms with Gasteiger partial charge in [0.15, 0.2) is 0 Å². The molecule has 0 radical (unpaired) electrons. The summed E-state index contributed by atoms with van der Waals surface area (Å²) in [5.41, 5.74) is 2.52. The van der Waals surface area contributed by atoms with E-state index in [1.165, 1.54) is 0 Å². The number of benzene rings is 1. The fourth-order valence-electron chi connectivity index (χ4n) is 2.18. The van der Waals surface area contributed by atoms with Crippen LogP contribution in [0.5, 0.6) is 0 Å². The van der Waals surface area contributed by atoms with Crippen molar-refractivity contribution in [2.75, 3.05) is 10.6 Å². The van der Waals surface area contributed by atoms with E-state index in [1.54, 1.807) is 6.20 Å². The molecule has 2 aromatic heterocycles. The Morgan fingerprint density at radius 2 is 1.75 bits per heavy atom. The smallest absolute Gasteiger partial charge is 0.225 e. The third-order valence-electron chi connectivity index (χ3n) is 3.21. The van der Waals surface area contributed by atoms with Crippen LogP contribution in [0.25, 0.3) is 11.4 Å². The van der Waals surface area contributed by atoms with Crippen LogP contribution in [0.1, 0.15) is 13.8 Å². The van der Waals surface area contributed by atoms with Gasteiger partial charge in [-0.15, -0.1) is 0 Å². The molecule has 0 unspecified atom stereocenters. The second-order valence-corrected chi connectivity index (χ2v) is 6.44. The summed E-state index contributed by atoms with van der Waals surface area (Å²) >= 11 is 3.54. The van der Waals surface area contributed by atoms with Crippen molar-refractivity contribution in [2.24, 2.45) is 0 Å². The molecule has 122 valence electrons. The van der Waals surface area contributed by atoms with Crippen molar-refractivity contribution in [3.05, 3.63) is 59.2 Å². The third kappa shape index (κ3) is 4.08. The predicted octanol–water partition coefficient (Wildman–Crippen LogP) is 4.87. The van der Waals surface area contributed by atoms with Gasteiger partial charge in [0, 0.05) is 22.8 Å². The van der Waals surface area contributed by atoms with Crippen molar-refractivity contribution in [3.8, 4) is 11.4 Å². The lowest BCUT2D eigenvalue weighted by molar-refractivity contribution is 0.875. The normalized spacial score (nSPS) is 10.7. The summed E-state index contributed by atoms with van der Waals surface area (Å²) in [4.78, 5) is 13.5. The van der Waals surface area contributed by atoms with E-state index in [9.17, 15) is 0 Å². The van der Waals surface area contributed by atoms with Gasteiger partial charge in [0.05, 0.1) is 17.1 Å². The van der Waals surface area contributed by atoms with Crippen molar-refractivity contribution in [2.45, 2.75) is 19.9 Å². The van der Waals surface area contributed by atoms with Crippen LogP contribution in [0.2, 0.25) is 0 Å². The van der Waals surface area contributed by atoms with Gasteiger partial charge in [0.2, 0.25) is 5.95 Å². The number of rotatable bonds is 5. The number of anilines is 3. The van der Waals surface area contributed by atoms with Crippen LogP contribution in [-0.4, -0.2) is 21.0 Å². The largest absolute Gasteiger partial charge is 0.352 e. The molecular formula is C18H18BrN5. The molecule has 5 nitrogen and oxygen atoms in total. The van der Waals surface area contributed by atoms with Crippen LogP contribution in [0.3, 0.4) is 0 Å². The van der Waals surface area contributed by atoms with E-state index >= 15 is 0 Å². The van der Waals surface area contributed by atoms with Crippen molar-refractivity contribution in [1.29, 1.82) is 0 Å². The fourth-order valence-corrected chi connectivity index (χ4v) is 2.56. The first-order valence-electron chi connectivity index (χ1n) is 7.70. The van der Waals surface area contributed by atoms with E-state index < -0.39 is 0 Å². The molecule has 0 aliphatic rings. The first-order valence-corrected chi connectivity index (χ1v) is 8.49. The molecule has 0 fully saturated rings. The Morgan fingerprint density at radius 3 is 2.46 bits per heavy atom.